The average Bonchev–Trinajstić information content (AvgIpc) is 3.11. The molecule has 4 rings (SSSR count). The minimum Gasteiger partial charge on any atom is -0.336 e. The summed E-state index contributed by atoms with van der Waals surface area (Å²) in [5.41, 5.74) is 3.04. The lowest BCUT2D eigenvalue weighted by molar-refractivity contribution is -0.155. The third-order valence-corrected chi connectivity index (χ3v) is 5.37. The van der Waals surface area contributed by atoms with Crippen LogP contribution in [0.4, 0.5) is 4.39 Å². The maximum Gasteiger partial charge on any atom is 0.312 e. The first kappa shape index (κ1) is 19.8. The molecule has 1 saturated heterocycles. The Morgan fingerprint density at radius 1 is 1.07 bits per heavy atom. The van der Waals surface area contributed by atoms with Crippen LogP contribution in [0.3, 0.4) is 0 Å². The number of likely N-dealkylation sites (N-methyl/N-ethyl adjacent to an activating group) is 1. The molecule has 0 aliphatic carbocycles. The highest BCUT2D eigenvalue weighted by atomic mass is 19.1. The van der Waals surface area contributed by atoms with Crippen molar-refractivity contribution in [3.05, 3.63) is 65.2 Å². The third-order valence-electron chi connectivity index (χ3n) is 5.37. The highest BCUT2D eigenvalue weighted by molar-refractivity contribution is 6.35. The lowest BCUT2D eigenvalue weighted by atomic mass is 10.1. The van der Waals surface area contributed by atoms with E-state index >= 15 is 0 Å². The van der Waals surface area contributed by atoms with Gasteiger partial charge in [-0.15, -0.1) is 0 Å². The van der Waals surface area contributed by atoms with Crippen LogP contribution < -0.4 is 0 Å². The Bertz CT molecular complexity index is 1150. The van der Waals surface area contributed by atoms with Gasteiger partial charge >= 0.3 is 11.8 Å². The number of imidazole rings is 1. The smallest absolute Gasteiger partial charge is 0.312 e. The number of piperazine rings is 1. The molecule has 1 aliphatic rings. The van der Waals surface area contributed by atoms with E-state index in [1.807, 2.05) is 37.3 Å². The number of rotatable bonds is 5. The second-order valence-corrected chi connectivity index (χ2v) is 7.35. The molecule has 2 aromatic carbocycles. The number of aryl methyl sites for hydroxylation is 1. The predicted molar refractivity (Wildman–Crippen MR) is 114 cm³/mol. The summed E-state index contributed by atoms with van der Waals surface area (Å²) in [6.45, 7) is 3.94. The molecule has 0 bridgehead atoms. The number of carbonyl (C=O) groups is 2. The maximum absolute atomic E-state index is 14.7. The first-order valence-electron chi connectivity index (χ1n) is 9.94. The van der Waals surface area contributed by atoms with Gasteiger partial charge in [0.05, 0.1) is 11.0 Å². The largest absolute Gasteiger partial charge is 0.336 e. The van der Waals surface area contributed by atoms with E-state index in [2.05, 4.69) is 9.55 Å². The summed E-state index contributed by atoms with van der Waals surface area (Å²) in [5, 5.41) is 0. The molecular formula is C23H23FN4O2. The van der Waals surface area contributed by atoms with Gasteiger partial charge in [-0.25, -0.2) is 9.37 Å². The van der Waals surface area contributed by atoms with Crippen molar-refractivity contribution in [1.29, 1.82) is 0 Å². The van der Waals surface area contributed by atoms with Crippen molar-refractivity contribution < 1.29 is 14.0 Å². The van der Waals surface area contributed by atoms with Gasteiger partial charge in [-0.1, -0.05) is 24.3 Å². The van der Waals surface area contributed by atoms with E-state index in [1.165, 1.54) is 15.9 Å². The molecule has 0 saturated carbocycles. The van der Waals surface area contributed by atoms with Gasteiger partial charge in [-0.2, -0.15) is 0 Å². The van der Waals surface area contributed by atoms with Crippen LogP contribution >= 0.6 is 0 Å². The van der Waals surface area contributed by atoms with Gasteiger partial charge in [-0.05, 0) is 42.8 Å². The molecule has 1 aromatic heterocycles. The fourth-order valence-corrected chi connectivity index (χ4v) is 3.67. The lowest BCUT2D eigenvalue weighted by Gasteiger charge is -2.31. The zero-order valence-corrected chi connectivity index (χ0v) is 17.0. The standard InChI is InChI=1S/C23H23FN4O2/c1-3-28-20-7-5-4-6-19(20)25-21(28)11-10-17-9-8-16(14-18(17)24)15-27-13-12-26(2)22(29)23(27)30/h4-11,14H,3,12-13,15H2,1-2H3/b11-10+. The molecule has 7 heteroatoms. The van der Waals surface area contributed by atoms with Gasteiger partial charge in [0.25, 0.3) is 0 Å². The molecular weight excluding hydrogens is 383 g/mol. The first-order chi connectivity index (χ1) is 14.5. The van der Waals surface area contributed by atoms with Gasteiger partial charge < -0.3 is 14.4 Å². The lowest BCUT2D eigenvalue weighted by Crippen LogP contribution is -2.52. The molecule has 30 heavy (non-hydrogen) atoms. The summed E-state index contributed by atoms with van der Waals surface area (Å²) in [4.78, 5) is 31.4. The van der Waals surface area contributed by atoms with Crippen molar-refractivity contribution in [3.63, 3.8) is 0 Å². The van der Waals surface area contributed by atoms with E-state index in [-0.39, 0.29) is 12.4 Å². The van der Waals surface area contributed by atoms with Gasteiger partial charge in [0.2, 0.25) is 0 Å². The number of aromatic nitrogens is 2. The Morgan fingerprint density at radius 2 is 1.87 bits per heavy atom. The van der Waals surface area contributed by atoms with Crippen molar-refractivity contribution in [1.82, 2.24) is 19.4 Å². The highest BCUT2D eigenvalue weighted by Gasteiger charge is 2.30. The summed E-state index contributed by atoms with van der Waals surface area (Å²) in [7, 11) is 1.60. The second-order valence-electron chi connectivity index (χ2n) is 7.35. The summed E-state index contributed by atoms with van der Waals surface area (Å²) >= 11 is 0. The number of carbonyl (C=O) groups excluding carboxylic acids is 2. The number of amides is 2. The van der Waals surface area contributed by atoms with E-state index in [0.717, 1.165) is 23.4 Å². The number of fused-ring (bicyclic) bond motifs is 1. The third kappa shape index (κ3) is 3.70. The van der Waals surface area contributed by atoms with Crippen LogP contribution in [-0.4, -0.2) is 51.3 Å². The van der Waals surface area contributed by atoms with Crippen molar-refractivity contribution in [2.24, 2.45) is 0 Å². The van der Waals surface area contributed by atoms with E-state index in [4.69, 9.17) is 0 Å². The number of halogens is 1. The average molecular weight is 406 g/mol. The van der Waals surface area contributed by atoms with E-state index in [0.29, 0.717) is 24.2 Å². The Hall–Kier alpha value is -3.48. The quantitative estimate of drug-likeness (QED) is 0.612. The number of para-hydroxylation sites is 2. The minimum absolute atomic E-state index is 0.213. The van der Waals surface area contributed by atoms with Crippen LogP contribution in [0.2, 0.25) is 0 Å². The van der Waals surface area contributed by atoms with Crippen LogP contribution in [0.15, 0.2) is 42.5 Å². The van der Waals surface area contributed by atoms with E-state index in [1.54, 1.807) is 25.3 Å². The number of benzene rings is 2. The molecule has 1 fully saturated rings. The second kappa shape index (κ2) is 8.10. The van der Waals surface area contributed by atoms with Gasteiger partial charge in [0, 0.05) is 38.8 Å². The van der Waals surface area contributed by atoms with Crippen LogP contribution in [0.5, 0.6) is 0 Å². The maximum atomic E-state index is 14.7. The van der Waals surface area contributed by atoms with Gasteiger partial charge in [0.15, 0.2) is 0 Å². The molecule has 6 nitrogen and oxygen atoms in total. The van der Waals surface area contributed by atoms with Crippen molar-refractivity contribution in [2.75, 3.05) is 20.1 Å². The Labute approximate surface area is 174 Å². The van der Waals surface area contributed by atoms with Crippen LogP contribution in [0.25, 0.3) is 23.2 Å². The predicted octanol–water partition coefficient (Wildman–Crippen LogP) is 3.17. The monoisotopic (exact) mass is 406 g/mol. The molecule has 3 aromatic rings. The van der Waals surface area contributed by atoms with Crippen LogP contribution in [0.1, 0.15) is 23.9 Å². The molecule has 1 aliphatic heterocycles. The summed E-state index contributed by atoms with van der Waals surface area (Å²) in [6.07, 6.45) is 3.52. The SMILES string of the molecule is CCn1c(/C=C/c2ccc(CN3CCN(C)C(=O)C3=O)cc2F)nc2ccccc21. The van der Waals surface area contributed by atoms with E-state index in [9.17, 15) is 14.0 Å². The van der Waals surface area contributed by atoms with Gasteiger partial charge in [0.1, 0.15) is 11.6 Å². The Balaban J connectivity index is 1.53. The van der Waals surface area contributed by atoms with Crippen molar-refractivity contribution >= 4 is 35.0 Å². The zero-order valence-electron chi connectivity index (χ0n) is 17.0. The molecule has 2 heterocycles. The van der Waals surface area contributed by atoms with Gasteiger partial charge in [-0.3, -0.25) is 9.59 Å². The molecule has 0 atom stereocenters. The van der Waals surface area contributed by atoms with Crippen molar-refractivity contribution in [3.8, 4) is 0 Å². The summed E-state index contributed by atoms with van der Waals surface area (Å²) in [5.74, 6) is -0.689. The summed E-state index contributed by atoms with van der Waals surface area (Å²) < 4.78 is 16.8. The van der Waals surface area contributed by atoms with E-state index < -0.39 is 11.8 Å². The molecule has 0 radical (unpaired) electrons. The summed E-state index contributed by atoms with van der Waals surface area (Å²) in [6, 6.07) is 12.8. The first-order valence-corrected chi connectivity index (χ1v) is 9.94. The number of hydrogen-bond donors (Lipinski definition) is 0. The molecule has 2 amide bonds. The number of nitrogens with zero attached hydrogens (tertiary/aromatic N) is 4. The van der Waals surface area contributed by atoms with Crippen LogP contribution in [-0.2, 0) is 22.7 Å². The molecule has 0 N–H and O–H groups in total. The zero-order chi connectivity index (χ0) is 21.3. The highest BCUT2D eigenvalue weighted by Crippen LogP contribution is 2.20. The minimum atomic E-state index is -0.549. The van der Waals surface area contributed by atoms with Crippen molar-refractivity contribution in [2.45, 2.75) is 20.0 Å². The topological polar surface area (TPSA) is 58.4 Å². The molecule has 154 valence electrons. The molecule has 0 unspecified atom stereocenters. The normalized spacial score (nSPS) is 15.0. The fourth-order valence-electron chi connectivity index (χ4n) is 3.67. The Kier molecular flexibility index (Phi) is 5.35. The fraction of sp³-hybridized carbons (Fsp3) is 0.261. The number of hydrogen-bond acceptors (Lipinski definition) is 3. The Morgan fingerprint density at radius 3 is 2.63 bits per heavy atom. The van der Waals surface area contributed by atoms with Crippen LogP contribution in [0, 0.1) is 5.82 Å². The molecule has 0 spiro atoms.